The quantitative estimate of drug-likeness (QED) is 0.422. The maximum Gasteiger partial charge on any atom is 0.295 e. The number of likely N-dealkylation sites (tertiary alicyclic amines) is 1. The van der Waals surface area contributed by atoms with Crippen LogP contribution in [0.2, 0.25) is 0 Å². The predicted molar refractivity (Wildman–Crippen MR) is 98.4 cm³/mol. The summed E-state index contributed by atoms with van der Waals surface area (Å²) in [5, 5.41) is 10.7. The lowest BCUT2D eigenvalue weighted by Crippen LogP contribution is -2.24. The largest absolute Gasteiger partial charge is 0.507 e. The van der Waals surface area contributed by atoms with Gasteiger partial charge in [0.2, 0.25) is 0 Å². The van der Waals surface area contributed by atoms with Crippen molar-refractivity contribution in [2.75, 3.05) is 7.05 Å². The van der Waals surface area contributed by atoms with Crippen molar-refractivity contribution in [2.45, 2.75) is 6.04 Å². The van der Waals surface area contributed by atoms with Gasteiger partial charge in [0.25, 0.3) is 11.7 Å². The van der Waals surface area contributed by atoms with Gasteiger partial charge < -0.3 is 10.0 Å². The third kappa shape index (κ3) is 2.91. The summed E-state index contributed by atoms with van der Waals surface area (Å²) >= 11 is 6.70. The van der Waals surface area contributed by atoms with Gasteiger partial charge in [-0.1, -0.05) is 56.1 Å². The summed E-state index contributed by atoms with van der Waals surface area (Å²) in [5.41, 5.74) is 1.36. The van der Waals surface area contributed by atoms with Gasteiger partial charge in [0.05, 0.1) is 11.6 Å². The molecule has 2 aromatic carbocycles. The molecule has 1 saturated heterocycles. The normalized spacial score (nSPS) is 19.8. The average molecular weight is 451 g/mol. The number of aliphatic hydroxyl groups excluding tert-OH is 1. The van der Waals surface area contributed by atoms with Gasteiger partial charge in [0, 0.05) is 21.6 Å². The minimum Gasteiger partial charge on any atom is -0.507 e. The molecule has 0 saturated carbocycles. The molecule has 1 atom stereocenters. The smallest absolute Gasteiger partial charge is 0.295 e. The molecule has 1 aliphatic rings. The van der Waals surface area contributed by atoms with Gasteiger partial charge in [-0.2, -0.15) is 0 Å². The second-order valence-electron chi connectivity index (χ2n) is 5.47. The van der Waals surface area contributed by atoms with E-state index in [2.05, 4.69) is 31.9 Å². The van der Waals surface area contributed by atoms with Crippen LogP contribution in [0.15, 0.2) is 63.0 Å². The molecule has 122 valence electrons. The van der Waals surface area contributed by atoms with Crippen LogP contribution in [0.3, 0.4) is 0 Å². The van der Waals surface area contributed by atoms with E-state index in [1.54, 1.807) is 31.3 Å². The van der Waals surface area contributed by atoms with E-state index < -0.39 is 17.7 Å². The van der Waals surface area contributed by atoms with Crippen LogP contribution < -0.4 is 0 Å². The molecule has 0 unspecified atom stereocenters. The van der Waals surface area contributed by atoms with Crippen molar-refractivity contribution in [1.82, 2.24) is 4.90 Å². The molecule has 1 heterocycles. The first-order valence-electron chi connectivity index (χ1n) is 7.16. The lowest BCUT2D eigenvalue weighted by molar-refractivity contribution is -0.139. The number of nitrogens with zero attached hydrogens (tertiary/aromatic N) is 1. The summed E-state index contributed by atoms with van der Waals surface area (Å²) < 4.78 is 1.76. The van der Waals surface area contributed by atoms with E-state index in [1.165, 1.54) is 4.90 Å². The molecule has 1 amide bonds. The van der Waals surface area contributed by atoms with Crippen molar-refractivity contribution < 1.29 is 14.7 Å². The predicted octanol–water partition coefficient (Wildman–Crippen LogP) is 4.26. The van der Waals surface area contributed by atoms with Gasteiger partial charge >= 0.3 is 0 Å². The van der Waals surface area contributed by atoms with Crippen molar-refractivity contribution >= 4 is 49.3 Å². The molecule has 0 aliphatic carbocycles. The number of aliphatic hydroxyl groups is 1. The van der Waals surface area contributed by atoms with Crippen molar-refractivity contribution in [3.63, 3.8) is 0 Å². The number of halogens is 2. The van der Waals surface area contributed by atoms with Crippen LogP contribution in [-0.2, 0) is 9.59 Å². The van der Waals surface area contributed by atoms with E-state index >= 15 is 0 Å². The Morgan fingerprint density at radius 1 is 0.958 bits per heavy atom. The van der Waals surface area contributed by atoms with Crippen LogP contribution in [0.1, 0.15) is 17.2 Å². The molecule has 24 heavy (non-hydrogen) atoms. The number of hydrogen-bond donors (Lipinski definition) is 1. The lowest BCUT2D eigenvalue weighted by atomic mass is 9.95. The topological polar surface area (TPSA) is 57.6 Å². The Balaban J connectivity index is 2.16. The van der Waals surface area contributed by atoms with E-state index in [9.17, 15) is 14.7 Å². The monoisotopic (exact) mass is 449 g/mol. The molecule has 4 nitrogen and oxygen atoms in total. The maximum absolute atomic E-state index is 12.4. The molecule has 0 spiro atoms. The van der Waals surface area contributed by atoms with Crippen LogP contribution in [0.4, 0.5) is 0 Å². The number of hydrogen-bond acceptors (Lipinski definition) is 3. The van der Waals surface area contributed by atoms with E-state index in [4.69, 9.17) is 0 Å². The Bertz CT molecular complexity index is 842. The highest BCUT2D eigenvalue weighted by Gasteiger charge is 2.44. The summed E-state index contributed by atoms with van der Waals surface area (Å²) in [6.45, 7) is 0. The zero-order chi connectivity index (χ0) is 17.4. The molecule has 1 fully saturated rings. The Hall–Kier alpha value is -1.92. The van der Waals surface area contributed by atoms with Gasteiger partial charge in [0.1, 0.15) is 5.76 Å². The fraction of sp³-hybridized carbons (Fsp3) is 0.111. The van der Waals surface area contributed by atoms with Crippen molar-refractivity contribution in [1.29, 1.82) is 0 Å². The summed E-state index contributed by atoms with van der Waals surface area (Å²) in [6, 6.07) is 13.6. The van der Waals surface area contributed by atoms with Crippen LogP contribution in [0.25, 0.3) is 5.76 Å². The summed E-state index contributed by atoms with van der Waals surface area (Å²) in [7, 11) is 1.56. The van der Waals surface area contributed by atoms with Gasteiger partial charge in [-0.15, -0.1) is 0 Å². The minimum absolute atomic E-state index is 0.104. The highest BCUT2D eigenvalue weighted by molar-refractivity contribution is 9.10. The van der Waals surface area contributed by atoms with Gasteiger partial charge in [0.15, 0.2) is 0 Å². The average Bonchev–Trinajstić information content (AvgIpc) is 2.80. The Kier molecular flexibility index (Phi) is 4.60. The fourth-order valence-corrected chi connectivity index (χ4v) is 3.27. The van der Waals surface area contributed by atoms with E-state index in [0.29, 0.717) is 5.56 Å². The zero-order valence-corrected chi connectivity index (χ0v) is 15.8. The van der Waals surface area contributed by atoms with Gasteiger partial charge in [-0.25, -0.2) is 0 Å². The summed E-state index contributed by atoms with van der Waals surface area (Å²) in [4.78, 5) is 25.9. The highest BCUT2D eigenvalue weighted by atomic mass is 79.9. The minimum atomic E-state index is -0.675. The van der Waals surface area contributed by atoms with Crippen LogP contribution in [0, 0.1) is 0 Å². The number of Topliss-reactive ketones (excluding diaryl/α,β-unsaturated/α-hetero) is 1. The number of likely N-dealkylation sites (N-methyl/N-ethyl adjacent to an activating group) is 1. The van der Waals surface area contributed by atoms with Gasteiger partial charge in [-0.3, -0.25) is 9.59 Å². The van der Waals surface area contributed by atoms with Crippen molar-refractivity contribution in [3.05, 3.63) is 74.2 Å². The molecule has 1 N–H and O–H groups in total. The maximum atomic E-state index is 12.4. The van der Waals surface area contributed by atoms with Gasteiger partial charge in [-0.05, 0) is 29.8 Å². The Labute approximate surface area is 156 Å². The van der Waals surface area contributed by atoms with E-state index in [0.717, 1.165) is 14.5 Å². The third-order valence-corrected chi connectivity index (χ3v) is 5.04. The Morgan fingerprint density at radius 3 is 2.00 bits per heavy atom. The SMILES string of the molecule is CN1C(=O)C(=O)/C(=C(/O)c2ccc(Br)cc2)[C@H]1c1ccc(Br)cc1. The number of amides is 1. The first kappa shape index (κ1) is 16.9. The standard InChI is InChI=1S/C18H13Br2NO3/c1-21-15(10-2-6-12(19)7-3-10)14(17(23)18(21)24)16(22)11-4-8-13(20)9-5-11/h2-9,15,22H,1H3/b16-14+/t15-/m1/s1. The number of ketones is 1. The van der Waals surface area contributed by atoms with Crippen molar-refractivity contribution in [2.24, 2.45) is 0 Å². The first-order valence-corrected chi connectivity index (χ1v) is 8.74. The molecule has 0 bridgehead atoms. The first-order chi connectivity index (χ1) is 11.4. The molecule has 3 rings (SSSR count). The number of rotatable bonds is 2. The van der Waals surface area contributed by atoms with E-state index in [1.807, 2.05) is 24.3 Å². The summed E-state index contributed by atoms with van der Waals surface area (Å²) in [6.07, 6.45) is 0. The van der Waals surface area contributed by atoms with Crippen LogP contribution in [-0.4, -0.2) is 28.7 Å². The van der Waals surface area contributed by atoms with Crippen LogP contribution >= 0.6 is 31.9 Å². The number of benzene rings is 2. The molecular formula is C18H13Br2NO3. The second-order valence-corrected chi connectivity index (χ2v) is 7.30. The van der Waals surface area contributed by atoms with E-state index in [-0.39, 0.29) is 11.3 Å². The molecule has 1 aliphatic heterocycles. The number of carbonyl (C=O) groups excluding carboxylic acids is 2. The molecule has 0 radical (unpaired) electrons. The van der Waals surface area contributed by atoms with Crippen LogP contribution in [0.5, 0.6) is 0 Å². The molecule has 2 aromatic rings. The third-order valence-electron chi connectivity index (χ3n) is 3.98. The second kappa shape index (κ2) is 6.53. The summed E-state index contributed by atoms with van der Waals surface area (Å²) in [5.74, 6) is -1.47. The zero-order valence-electron chi connectivity index (χ0n) is 12.7. The van der Waals surface area contributed by atoms with Crippen molar-refractivity contribution in [3.8, 4) is 0 Å². The molecule has 6 heteroatoms. The highest BCUT2D eigenvalue weighted by Crippen LogP contribution is 2.38. The Morgan fingerprint density at radius 2 is 1.46 bits per heavy atom. The molecule has 0 aromatic heterocycles. The lowest BCUT2D eigenvalue weighted by Gasteiger charge is -2.21. The fourth-order valence-electron chi connectivity index (χ4n) is 2.75. The number of carbonyl (C=O) groups is 2. The molecular weight excluding hydrogens is 438 g/mol.